The van der Waals surface area contributed by atoms with Gasteiger partial charge >= 0.3 is 0 Å². The van der Waals surface area contributed by atoms with Gasteiger partial charge in [0.05, 0.1) is 19.3 Å². The van der Waals surface area contributed by atoms with E-state index in [4.69, 9.17) is 14.2 Å². The van der Waals surface area contributed by atoms with Gasteiger partial charge in [0.25, 0.3) is 0 Å². The summed E-state index contributed by atoms with van der Waals surface area (Å²) in [6.45, 7) is 10.4. The van der Waals surface area contributed by atoms with Gasteiger partial charge in [-0.05, 0) is 39.0 Å². The van der Waals surface area contributed by atoms with Crippen molar-refractivity contribution in [3.8, 4) is 0 Å². The van der Waals surface area contributed by atoms with Gasteiger partial charge < -0.3 is 24.8 Å². The van der Waals surface area contributed by atoms with Crippen LogP contribution in [0.5, 0.6) is 0 Å². The molecule has 1 saturated carbocycles. The quantitative estimate of drug-likeness (QED) is 0.301. The highest BCUT2D eigenvalue weighted by Crippen LogP contribution is 2.48. The molecule has 6 heteroatoms. The predicted molar refractivity (Wildman–Crippen MR) is 103 cm³/mol. The lowest BCUT2D eigenvalue weighted by Crippen LogP contribution is -2.65. The van der Waals surface area contributed by atoms with E-state index in [2.05, 4.69) is 36.4 Å². The highest BCUT2D eigenvalue weighted by molar-refractivity contribution is 5.80. The molecule has 2 atom stereocenters. The van der Waals surface area contributed by atoms with E-state index in [1.165, 1.54) is 0 Å². The summed E-state index contributed by atoms with van der Waals surface area (Å²) < 4.78 is 16.4. The van der Waals surface area contributed by atoms with Gasteiger partial charge in [0.15, 0.2) is 5.96 Å². The van der Waals surface area contributed by atoms with E-state index in [1.54, 1.807) is 7.11 Å². The number of nitrogens with one attached hydrogen (secondary N) is 2. The Labute approximate surface area is 154 Å². The summed E-state index contributed by atoms with van der Waals surface area (Å²) in [7, 11) is 3.53. The Bertz CT molecular complexity index is 373. The first-order valence-electron chi connectivity index (χ1n) is 9.83. The fourth-order valence-corrected chi connectivity index (χ4v) is 3.72. The Balaban J connectivity index is 2.29. The minimum atomic E-state index is 0.225. The molecule has 1 rings (SSSR count). The smallest absolute Gasteiger partial charge is 0.191 e. The Kier molecular flexibility index (Phi) is 11.1. The van der Waals surface area contributed by atoms with Crippen molar-refractivity contribution in [2.45, 2.75) is 65.0 Å². The second kappa shape index (κ2) is 12.5. The van der Waals surface area contributed by atoms with Crippen LogP contribution in [0.4, 0.5) is 0 Å². The van der Waals surface area contributed by atoms with Crippen LogP contribution in [0.15, 0.2) is 4.99 Å². The number of hydrogen-bond donors (Lipinski definition) is 2. The van der Waals surface area contributed by atoms with Gasteiger partial charge in [-0.1, -0.05) is 13.8 Å². The van der Waals surface area contributed by atoms with Crippen LogP contribution in [0, 0.1) is 5.41 Å². The highest BCUT2D eigenvalue weighted by atomic mass is 16.5. The summed E-state index contributed by atoms with van der Waals surface area (Å²) >= 11 is 0. The zero-order valence-electron chi connectivity index (χ0n) is 16.9. The van der Waals surface area contributed by atoms with Crippen LogP contribution in [0.25, 0.3) is 0 Å². The van der Waals surface area contributed by atoms with Crippen molar-refractivity contribution in [2.75, 3.05) is 47.1 Å². The molecule has 25 heavy (non-hydrogen) atoms. The minimum Gasteiger partial charge on any atom is -0.382 e. The van der Waals surface area contributed by atoms with Crippen molar-refractivity contribution in [1.82, 2.24) is 10.6 Å². The molecule has 0 aromatic rings. The van der Waals surface area contributed by atoms with Crippen LogP contribution in [-0.2, 0) is 14.2 Å². The molecule has 0 heterocycles. The summed E-state index contributed by atoms with van der Waals surface area (Å²) in [6.07, 6.45) is 5.78. The van der Waals surface area contributed by atoms with E-state index in [0.29, 0.717) is 25.4 Å². The average Bonchev–Trinajstić information content (AvgIpc) is 2.62. The second-order valence-electron chi connectivity index (χ2n) is 6.63. The Morgan fingerprint density at radius 2 is 1.88 bits per heavy atom. The number of nitrogens with zero attached hydrogens (tertiary/aromatic N) is 1. The monoisotopic (exact) mass is 357 g/mol. The van der Waals surface area contributed by atoms with Gasteiger partial charge in [-0.3, -0.25) is 4.99 Å². The van der Waals surface area contributed by atoms with Crippen molar-refractivity contribution in [1.29, 1.82) is 0 Å². The SMILES string of the molecule is CCOC1CC(NC(=NC)NCCCCOCCOC)C1(CC)CC. The summed E-state index contributed by atoms with van der Waals surface area (Å²) in [5, 5.41) is 7.04. The van der Waals surface area contributed by atoms with Crippen LogP contribution in [-0.4, -0.2) is 65.2 Å². The van der Waals surface area contributed by atoms with Crippen LogP contribution < -0.4 is 10.6 Å². The molecular formula is C19H39N3O3. The molecule has 0 aromatic heterocycles. The molecule has 0 spiro atoms. The van der Waals surface area contributed by atoms with Crippen molar-refractivity contribution in [3.63, 3.8) is 0 Å². The van der Waals surface area contributed by atoms with E-state index >= 15 is 0 Å². The fraction of sp³-hybridized carbons (Fsp3) is 0.947. The lowest BCUT2D eigenvalue weighted by molar-refractivity contribution is -0.133. The standard InChI is InChI=1S/C19H39N3O3/c1-6-19(7-2)16(15-17(19)25-8-3)22-18(20-4)21-11-9-10-12-24-14-13-23-5/h16-17H,6-15H2,1-5H3,(H2,20,21,22). The number of methoxy groups -OCH3 is 1. The molecule has 0 aromatic carbocycles. The molecule has 2 N–H and O–H groups in total. The van der Waals surface area contributed by atoms with Crippen molar-refractivity contribution in [2.24, 2.45) is 10.4 Å². The zero-order valence-corrected chi connectivity index (χ0v) is 16.9. The maximum Gasteiger partial charge on any atom is 0.191 e. The van der Waals surface area contributed by atoms with Crippen molar-refractivity contribution in [3.05, 3.63) is 0 Å². The van der Waals surface area contributed by atoms with Crippen molar-refractivity contribution >= 4 is 5.96 Å². The highest BCUT2D eigenvalue weighted by Gasteiger charge is 2.53. The third-order valence-electron chi connectivity index (χ3n) is 5.44. The van der Waals surface area contributed by atoms with Gasteiger partial charge in [-0.25, -0.2) is 0 Å². The summed E-state index contributed by atoms with van der Waals surface area (Å²) in [5.74, 6) is 0.895. The summed E-state index contributed by atoms with van der Waals surface area (Å²) in [4.78, 5) is 4.38. The first kappa shape index (κ1) is 22.2. The van der Waals surface area contributed by atoms with Gasteiger partial charge in [0.1, 0.15) is 0 Å². The number of rotatable bonds is 13. The molecule has 0 aliphatic heterocycles. The molecule has 148 valence electrons. The lowest BCUT2D eigenvalue weighted by atomic mass is 9.58. The minimum absolute atomic E-state index is 0.225. The fourth-order valence-electron chi connectivity index (χ4n) is 3.72. The van der Waals surface area contributed by atoms with E-state index in [-0.39, 0.29) is 5.41 Å². The van der Waals surface area contributed by atoms with Crippen LogP contribution >= 0.6 is 0 Å². The third kappa shape index (κ3) is 6.42. The molecule has 1 aliphatic carbocycles. The lowest BCUT2D eigenvalue weighted by Gasteiger charge is -2.55. The summed E-state index contributed by atoms with van der Waals surface area (Å²) in [5.41, 5.74) is 0.225. The van der Waals surface area contributed by atoms with Gasteiger partial charge in [0.2, 0.25) is 0 Å². The molecule has 1 fully saturated rings. The zero-order chi connectivity index (χ0) is 18.5. The summed E-state index contributed by atoms with van der Waals surface area (Å²) in [6, 6.07) is 0.433. The number of ether oxygens (including phenoxy) is 3. The number of hydrogen-bond acceptors (Lipinski definition) is 4. The molecule has 2 unspecified atom stereocenters. The molecule has 0 amide bonds. The van der Waals surface area contributed by atoms with Gasteiger partial charge in [0, 0.05) is 45.4 Å². The van der Waals surface area contributed by atoms with E-state index in [9.17, 15) is 0 Å². The largest absolute Gasteiger partial charge is 0.382 e. The molecule has 1 aliphatic rings. The first-order valence-corrected chi connectivity index (χ1v) is 9.83. The van der Waals surface area contributed by atoms with Gasteiger partial charge in [-0.15, -0.1) is 0 Å². The number of unbranched alkanes of at least 4 members (excludes halogenated alkanes) is 1. The average molecular weight is 358 g/mol. The van der Waals surface area contributed by atoms with Crippen LogP contribution in [0.3, 0.4) is 0 Å². The predicted octanol–water partition coefficient (Wildman–Crippen LogP) is 2.58. The van der Waals surface area contributed by atoms with Gasteiger partial charge in [-0.2, -0.15) is 0 Å². The normalized spacial score (nSPS) is 22.5. The molecule has 0 saturated heterocycles. The number of guanidine groups is 1. The third-order valence-corrected chi connectivity index (χ3v) is 5.44. The molecule has 0 bridgehead atoms. The second-order valence-corrected chi connectivity index (χ2v) is 6.63. The topological polar surface area (TPSA) is 64.1 Å². The van der Waals surface area contributed by atoms with Crippen LogP contribution in [0.1, 0.15) is 52.9 Å². The first-order chi connectivity index (χ1) is 12.2. The molecule has 6 nitrogen and oxygen atoms in total. The number of aliphatic imine (C=N–C) groups is 1. The Morgan fingerprint density at radius 3 is 2.48 bits per heavy atom. The Morgan fingerprint density at radius 1 is 1.12 bits per heavy atom. The molecule has 0 radical (unpaired) electrons. The maximum absolute atomic E-state index is 5.95. The van der Waals surface area contributed by atoms with E-state index in [0.717, 1.165) is 57.8 Å². The maximum atomic E-state index is 5.95. The Hall–Kier alpha value is -0.850. The van der Waals surface area contributed by atoms with Crippen molar-refractivity contribution < 1.29 is 14.2 Å². The van der Waals surface area contributed by atoms with E-state index < -0.39 is 0 Å². The van der Waals surface area contributed by atoms with E-state index in [1.807, 2.05) is 7.05 Å². The van der Waals surface area contributed by atoms with Crippen LogP contribution in [0.2, 0.25) is 0 Å². The molecular weight excluding hydrogens is 318 g/mol.